The summed E-state index contributed by atoms with van der Waals surface area (Å²) in [5.74, 6) is 0.959. The molecule has 0 saturated carbocycles. The molecule has 2 aromatic carbocycles. The summed E-state index contributed by atoms with van der Waals surface area (Å²) in [6.07, 6.45) is 3.44. The summed E-state index contributed by atoms with van der Waals surface area (Å²) in [6, 6.07) is 8.94. The van der Waals surface area contributed by atoms with Gasteiger partial charge < -0.3 is 9.47 Å². The molecule has 1 fully saturated rings. The molecule has 162 valence electrons. The molecule has 0 aliphatic carbocycles. The van der Waals surface area contributed by atoms with Gasteiger partial charge in [-0.3, -0.25) is 9.69 Å². The second-order valence-corrected chi connectivity index (χ2v) is 9.74. The predicted octanol–water partition coefficient (Wildman–Crippen LogP) is 7.12. The molecule has 0 N–H and O–H groups in total. The normalized spacial score (nSPS) is 15.0. The molecule has 0 spiro atoms. The highest BCUT2D eigenvalue weighted by atomic mass is 79.9. The minimum atomic E-state index is -0.137. The molecule has 2 aromatic rings. The third kappa shape index (κ3) is 5.84. The van der Waals surface area contributed by atoms with E-state index in [0.29, 0.717) is 48.4 Å². The average molecular weight is 559 g/mol. The summed E-state index contributed by atoms with van der Waals surface area (Å²) < 4.78 is 13.0. The van der Waals surface area contributed by atoms with Gasteiger partial charge >= 0.3 is 0 Å². The number of benzene rings is 2. The number of thiocarbonyl (C=S) groups is 1. The lowest BCUT2D eigenvalue weighted by molar-refractivity contribution is -0.121. The van der Waals surface area contributed by atoms with E-state index in [4.69, 9.17) is 44.9 Å². The van der Waals surface area contributed by atoms with Gasteiger partial charge in [-0.05, 0) is 58.8 Å². The Balaban J connectivity index is 1.87. The summed E-state index contributed by atoms with van der Waals surface area (Å²) in [7, 11) is 0. The molecule has 31 heavy (non-hydrogen) atoms. The van der Waals surface area contributed by atoms with Gasteiger partial charge in [0.25, 0.3) is 5.91 Å². The molecule has 1 heterocycles. The van der Waals surface area contributed by atoms with Gasteiger partial charge in [-0.15, -0.1) is 6.58 Å². The predicted molar refractivity (Wildman–Crippen MR) is 136 cm³/mol. The quantitative estimate of drug-likeness (QED) is 0.196. The van der Waals surface area contributed by atoms with Gasteiger partial charge in [-0.25, -0.2) is 0 Å². The van der Waals surface area contributed by atoms with Gasteiger partial charge in [0.2, 0.25) is 0 Å². The first-order valence-electron chi connectivity index (χ1n) is 9.23. The number of ether oxygens (including phenoxy) is 2. The molecule has 1 aliphatic heterocycles. The first-order chi connectivity index (χ1) is 14.8. The van der Waals surface area contributed by atoms with Crippen LogP contribution in [0.5, 0.6) is 11.5 Å². The summed E-state index contributed by atoms with van der Waals surface area (Å²) in [5.41, 5.74) is 1.58. The van der Waals surface area contributed by atoms with Crippen molar-refractivity contribution in [2.24, 2.45) is 0 Å². The van der Waals surface area contributed by atoms with E-state index >= 15 is 0 Å². The van der Waals surface area contributed by atoms with Crippen LogP contribution >= 0.6 is 63.1 Å². The first kappa shape index (κ1) is 24.1. The van der Waals surface area contributed by atoms with Crippen molar-refractivity contribution in [2.75, 3.05) is 13.2 Å². The molecule has 0 radical (unpaired) electrons. The van der Waals surface area contributed by atoms with Crippen LogP contribution in [0.3, 0.4) is 0 Å². The molecule has 1 saturated heterocycles. The van der Waals surface area contributed by atoms with E-state index in [9.17, 15) is 4.79 Å². The number of amides is 1. The van der Waals surface area contributed by atoms with Gasteiger partial charge in [0.15, 0.2) is 11.5 Å². The van der Waals surface area contributed by atoms with E-state index in [0.717, 1.165) is 11.1 Å². The molecule has 4 nitrogen and oxygen atoms in total. The summed E-state index contributed by atoms with van der Waals surface area (Å²) in [4.78, 5) is 14.7. The monoisotopic (exact) mass is 557 g/mol. The fourth-order valence-electron chi connectivity index (χ4n) is 2.80. The molecule has 0 aromatic heterocycles. The van der Waals surface area contributed by atoms with E-state index in [1.54, 1.807) is 24.3 Å². The van der Waals surface area contributed by atoms with Gasteiger partial charge in [0.05, 0.1) is 16.0 Å². The Morgan fingerprint density at radius 2 is 2.03 bits per heavy atom. The zero-order valence-electron chi connectivity index (χ0n) is 16.5. The maximum atomic E-state index is 12.6. The highest BCUT2D eigenvalue weighted by Crippen LogP contribution is 2.40. The number of carbonyl (C=O) groups excluding carboxylic acids is 1. The number of hydrogen-bond acceptors (Lipinski definition) is 5. The van der Waals surface area contributed by atoms with Crippen molar-refractivity contribution in [1.29, 1.82) is 0 Å². The van der Waals surface area contributed by atoms with Crippen LogP contribution in [-0.2, 0) is 11.4 Å². The molecule has 9 heteroatoms. The second kappa shape index (κ2) is 10.9. The van der Waals surface area contributed by atoms with Gasteiger partial charge in [0.1, 0.15) is 10.9 Å². The molecule has 1 amide bonds. The van der Waals surface area contributed by atoms with E-state index in [2.05, 4.69) is 22.5 Å². The Labute approximate surface area is 209 Å². The average Bonchev–Trinajstić information content (AvgIpc) is 2.96. The van der Waals surface area contributed by atoms with Crippen LogP contribution in [0, 0.1) is 0 Å². The van der Waals surface area contributed by atoms with E-state index in [1.165, 1.54) is 16.7 Å². The lowest BCUT2D eigenvalue weighted by Crippen LogP contribution is -2.27. The Bertz CT molecular complexity index is 1070. The van der Waals surface area contributed by atoms with Crippen LogP contribution in [0.1, 0.15) is 18.1 Å². The van der Waals surface area contributed by atoms with Gasteiger partial charge in [0, 0.05) is 22.2 Å². The van der Waals surface area contributed by atoms with Crippen LogP contribution in [0.4, 0.5) is 0 Å². The topological polar surface area (TPSA) is 38.8 Å². The molecule has 0 unspecified atom stereocenters. The van der Waals surface area contributed by atoms with Crippen LogP contribution < -0.4 is 9.47 Å². The van der Waals surface area contributed by atoms with E-state index < -0.39 is 0 Å². The lowest BCUT2D eigenvalue weighted by atomic mass is 10.1. The van der Waals surface area contributed by atoms with Crippen LogP contribution in [0.25, 0.3) is 6.08 Å². The Kier molecular flexibility index (Phi) is 8.47. The van der Waals surface area contributed by atoms with Crippen molar-refractivity contribution in [1.82, 2.24) is 4.90 Å². The third-order valence-corrected chi connectivity index (χ3v) is 6.76. The van der Waals surface area contributed by atoms with Crippen molar-refractivity contribution < 1.29 is 14.3 Å². The fourth-order valence-corrected chi connectivity index (χ4v) is 5.11. The van der Waals surface area contributed by atoms with Crippen LogP contribution in [-0.4, -0.2) is 28.3 Å². The molecular formula is C22H18BrCl2NO3S2. The SMILES string of the molecule is C=CCN1C(=O)/C(=C\c2cc(Br)c(OCc3ccc(Cl)cc3Cl)c(OCC)c2)SC1=S. The Morgan fingerprint density at radius 1 is 1.26 bits per heavy atom. The minimum Gasteiger partial charge on any atom is -0.490 e. The number of thioether (sulfide) groups is 1. The molecular weight excluding hydrogens is 541 g/mol. The van der Waals surface area contributed by atoms with Crippen molar-refractivity contribution in [3.63, 3.8) is 0 Å². The zero-order chi connectivity index (χ0) is 22.5. The number of hydrogen-bond donors (Lipinski definition) is 0. The standard InChI is InChI=1S/C22H18BrCl2NO3S2/c1-3-7-26-21(27)19(31-22(26)30)10-13-8-16(23)20(18(9-13)28-4-2)29-12-14-5-6-15(24)11-17(14)25/h3,5-6,8-11H,1,4,7,12H2,2H3/b19-10+. The van der Waals surface area contributed by atoms with Crippen molar-refractivity contribution in [3.8, 4) is 11.5 Å². The van der Waals surface area contributed by atoms with Crippen molar-refractivity contribution in [2.45, 2.75) is 13.5 Å². The molecule has 0 atom stereocenters. The first-order valence-corrected chi connectivity index (χ1v) is 12.0. The van der Waals surface area contributed by atoms with Crippen LogP contribution in [0.15, 0.2) is 52.4 Å². The Morgan fingerprint density at radius 3 is 2.71 bits per heavy atom. The molecule has 1 aliphatic rings. The maximum Gasteiger partial charge on any atom is 0.266 e. The largest absolute Gasteiger partial charge is 0.490 e. The zero-order valence-corrected chi connectivity index (χ0v) is 21.2. The number of carbonyl (C=O) groups is 1. The summed E-state index contributed by atoms with van der Waals surface area (Å²) >= 11 is 22.3. The van der Waals surface area contributed by atoms with Gasteiger partial charge in [-0.2, -0.15) is 0 Å². The fraction of sp³-hybridized carbons (Fsp3) is 0.182. The Hall–Kier alpha value is -1.51. The van der Waals surface area contributed by atoms with E-state index in [1.807, 2.05) is 25.1 Å². The molecule has 0 bridgehead atoms. The summed E-state index contributed by atoms with van der Waals surface area (Å²) in [5, 5.41) is 1.09. The smallest absolute Gasteiger partial charge is 0.266 e. The maximum absolute atomic E-state index is 12.6. The van der Waals surface area contributed by atoms with E-state index in [-0.39, 0.29) is 12.5 Å². The molecule has 3 rings (SSSR count). The van der Waals surface area contributed by atoms with Gasteiger partial charge in [-0.1, -0.05) is 59.3 Å². The second-order valence-electron chi connectivity index (χ2n) is 6.37. The number of rotatable bonds is 8. The minimum absolute atomic E-state index is 0.137. The third-order valence-electron chi connectivity index (χ3n) is 4.20. The van der Waals surface area contributed by atoms with Crippen molar-refractivity contribution in [3.05, 3.63) is 73.5 Å². The number of nitrogens with zero attached hydrogens (tertiary/aromatic N) is 1. The highest BCUT2D eigenvalue weighted by Gasteiger charge is 2.31. The highest BCUT2D eigenvalue weighted by molar-refractivity contribution is 9.10. The number of halogens is 3. The summed E-state index contributed by atoms with van der Waals surface area (Å²) in [6.45, 7) is 6.64. The van der Waals surface area contributed by atoms with Crippen molar-refractivity contribution >= 4 is 79.4 Å². The van der Waals surface area contributed by atoms with Crippen LogP contribution in [0.2, 0.25) is 10.0 Å². The lowest BCUT2D eigenvalue weighted by Gasteiger charge is -2.15.